The van der Waals surface area contributed by atoms with Gasteiger partial charge in [-0.25, -0.2) is 4.98 Å². The van der Waals surface area contributed by atoms with Gasteiger partial charge in [-0.3, -0.25) is 0 Å². The number of rotatable bonds is 5. The Hall–Kier alpha value is -1.80. The lowest BCUT2D eigenvalue weighted by Crippen LogP contribution is -2.19. The van der Waals surface area contributed by atoms with Crippen LogP contribution in [0.3, 0.4) is 0 Å². The van der Waals surface area contributed by atoms with Gasteiger partial charge >= 0.3 is 0 Å². The van der Waals surface area contributed by atoms with Crippen molar-refractivity contribution in [2.45, 2.75) is 25.4 Å². The minimum Gasteiger partial charge on any atom is -0.348 e. The van der Waals surface area contributed by atoms with E-state index in [0.29, 0.717) is 18.4 Å². The molecule has 0 radical (unpaired) electrons. The van der Waals surface area contributed by atoms with Crippen molar-refractivity contribution in [3.63, 3.8) is 0 Å². The van der Waals surface area contributed by atoms with E-state index < -0.39 is 0 Å². The van der Waals surface area contributed by atoms with Gasteiger partial charge in [-0.05, 0) is 29.5 Å². The predicted octanol–water partition coefficient (Wildman–Crippen LogP) is 2.50. The fourth-order valence-electron chi connectivity index (χ4n) is 2.11. The molecule has 1 saturated carbocycles. The molecular weight excluding hydrogens is 304 g/mol. The summed E-state index contributed by atoms with van der Waals surface area (Å²) >= 11 is 3.31. The van der Waals surface area contributed by atoms with Crippen LogP contribution in [0.5, 0.6) is 0 Å². The third-order valence-electron chi connectivity index (χ3n) is 3.47. The van der Waals surface area contributed by atoms with Crippen LogP contribution in [0.25, 0.3) is 11.4 Å². The van der Waals surface area contributed by atoms with Gasteiger partial charge in [0.05, 0.1) is 5.69 Å². The first kappa shape index (κ1) is 12.9. The van der Waals surface area contributed by atoms with Crippen molar-refractivity contribution in [1.82, 2.24) is 25.2 Å². The molecule has 0 N–H and O–H groups in total. The van der Waals surface area contributed by atoms with Crippen LogP contribution in [0, 0.1) is 0 Å². The number of thiophene rings is 1. The Morgan fingerprint density at radius 1 is 1.38 bits per heavy atom. The topological polar surface area (TPSA) is 59.7 Å². The zero-order valence-electron chi connectivity index (χ0n) is 11.5. The Morgan fingerprint density at radius 2 is 2.29 bits per heavy atom. The van der Waals surface area contributed by atoms with Crippen molar-refractivity contribution in [2.24, 2.45) is 0 Å². The molecule has 0 aliphatic heterocycles. The Balaban J connectivity index is 1.48. The normalized spacial score (nSPS) is 14.5. The van der Waals surface area contributed by atoms with Crippen LogP contribution in [-0.4, -0.2) is 38.3 Å². The Kier molecular flexibility index (Phi) is 3.19. The van der Waals surface area contributed by atoms with Crippen LogP contribution in [0.2, 0.25) is 0 Å². The minimum absolute atomic E-state index is 0.562. The maximum Gasteiger partial charge on any atom is 0.205 e. The van der Waals surface area contributed by atoms with Crippen molar-refractivity contribution >= 4 is 27.8 Å². The second-order valence-corrected chi connectivity index (χ2v) is 6.74. The Labute approximate surface area is 130 Å². The van der Waals surface area contributed by atoms with E-state index in [0.717, 1.165) is 16.4 Å². The molecule has 1 aliphatic rings. The molecule has 21 heavy (non-hydrogen) atoms. The van der Waals surface area contributed by atoms with Crippen molar-refractivity contribution in [3.8, 4) is 11.4 Å². The average molecular weight is 318 g/mol. The molecule has 0 saturated heterocycles. The zero-order chi connectivity index (χ0) is 14.2. The molecule has 108 valence electrons. The van der Waals surface area contributed by atoms with E-state index in [1.165, 1.54) is 12.8 Å². The molecule has 1 fully saturated rings. The fraction of sp³-hybridized carbons (Fsp3) is 0.385. The average Bonchev–Trinajstić information content (AvgIpc) is 2.93. The van der Waals surface area contributed by atoms with Gasteiger partial charge < -0.3 is 4.90 Å². The molecule has 0 atom stereocenters. The van der Waals surface area contributed by atoms with Crippen LogP contribution in [-0.2, 0) is 6.54 Å². The van der Waals surface area contributed by atoms with Crippen LogP contribution in [0.1, 0.15) is 18.5 Å². The zero-order valence-corrected chi connectivity index (χ0v) is 13.1. The fourth-order valence-corrected chi connectivity index (χ4v) is 3.60. The number of nitrogens with zero attached hydrogens (tertiary/aromatic N) is 6. The van der Waals surface area contributed by atoms with Crippen molar-refractivity contribution in [1.29, 1.82) is 0 Å². The second kappa shape index (κ2) is 5.19. The summed E-state index contributed by atoms with van der Waals surface area (Å²) in [5, 5.41) is 19.8. The lowest BCUT2D eigenvalue weighted by atomic mass is 10.3. The first-order valence-electron chi connectivity index (χ1n) is 6.77. The summed E-state index contributed by atoms with van der Waals surface area (Å²) in [6, 6.07) is 2.68. The van der Waals surface area contributed by atoms with Gasteiger partial charge in [-0.2, -0.15) is 16.1 Å². The lowest BCUT2D eigenvalue weighted by Gasteiger charge is -2.13. The third-order valence-corrected chi connectivity index (χ3v) is 5.13. The van der Waals surface area contributed by atoms with Gasteiger partial charge in [0.2, 0.25) is 5.82 Å². The van der Waals surface area contributed by atoms with Crippen LogP contribution in [0.15, 0.2) is 22.2 Å². The minimum atomic E-state index is 0.562. The summed E-state index contributed by atoms with van der Waals surface area (Å²) < 4.78 is 0. The van der Waals surface area contributed by atoms with Crippen LogP contribution < -0.4 is 4.90 Å². The highest BCUT2D eigenvalue weighted by Gasteiger charge is 2.28. The number of aromatic nitrogens is 5. The van der Waals surface area contributed by atoms with Gasteiger partial charge in [0.1, 0.15) is 6.54 Å². The van der Waals surface area contributed by atoms with E-state index in [4.69, 9.17) is 0 Å². The molecular formula is C13H14N6S2. The first-order chi connectivity index (χ1) is 10.3. The molecule has 3 heterocycles. The van der Waals surface area contributed by atoms with E-state index >= 15 is 0 Å². The van der Waals surface area contributed by atoms with E-state index in [1.54, 1.807) is 27.5 Å². The summed E-state index contributed by atoms with van der Waals surface area (Å²) in [7, 11) is 2.11. The molecule has 0 bridgehead atoms. The highest BCUT2D eigenvalue weighted by molar-refractivity contribution is 7.13. The molecule has 6 nitrogen and oxygen atoms in total. The summed E-state index contributed by atoms with van der Waals surface area (Å²) in [5.41, 5.74) is 2.00. The van der Waals surface area contributed by atoms with Gasteiger partial charge in [-0.1, -0.05) is 0 Å². The quantitative estimate of drug-likeness (QED) is 0.723. The van der Waals surface area contributed by atoms with Crippen molar-refractivity contribution in [2.75, 3.05) is 11.9 Å². The Bertz CT molecular complexity index is 728. The van der Waals surface area contributed by atoms with Gasteiger partial charge in [0, 0.05) is 29.4 Å². The highest BCUT2D eigenvalue weighted by Crippen LogP contribution is 2.31. The molecule has 0 spiro atoms. The molecule has 8 heteroatoms. The molecule has 4 rings (SSSR count). The number of thiazole rings is 1. The lowest BCUT2D eigenvalue weighted by molar-refractivity contribution is 0.566. The van der Waals surface area contributed by atoms with Crippen molar-refractivity contribution in [3.05, 3.63) is 27.9 Å². The largest absolute Gasteiger partial charge is 0.348 e. The van der Waals surface area contributed by atoms with E-state index in [2.05, 4.69) is 37.7 Å². The van der Waals surface area contributed by atoms with E-state index in [-0.39, 0.29) is 0 Å². The standard InChI is InChI=1S/C13H14N6S2/c1-18(11-2-3-11)13-14-10(8-21-13)6-19-16-12(15-17-19)9-4-5-20-7-9/h4-5,7-8,11H,2-3,6H2,1H3. The molecule has 0 unspecified atom stereocenters. The monoisotopic (exact) mass is 318 g/mol. The second-order valence-electron chi connectivity index (χ2n) is 5.12. The summed E-state index contributed by atoms with van der Waals surface area (Å²) in [4.78, 5) is 8.52. The van der Waals surface area contributed by atoms with Gasteiger partial charge in [0.25, 0.3) is 0 Å². The summed E-state index contributed by atoms with van der Waals surface area (Å²) in [5.74, 6) is 0.668. The first-order valence-corrected chi connectivity index (χ1v) is 8.59. The highest BCUT2D eigenvalue weighted by atomic mass is 32.1. The number of tetrazole rings is 1. The molecule has 1 aliphatic carbocycles. The predicted molar refractivity (Wildman–Crippen MR) is 83.8 cm³/mol. The van der Waals surface area contributed by atoms with Crippen LogP contribution >= 0.6 is 22.7 Å². The molecule has 3 aromatic rings. The summed E-state index contributed by atoms with van der Waals surface area (Å²) in [6.45, 7) is 0.562. The number of hydrogen-bond donors (Lipinski definition) is 0. The Morgan fingerprint density at radius 3 is 3.05 bits per heavy atom. The SMILES string of the molecule is CN(c1nc(Cn2nnc(-c3ccsc3)n2)cs1)C1CC1. The molecule has 3 aromatic heterocycles. The summed E-state index contributed by atoms with van der Waals surface area (Å²) in [6.07, 6.45) is 2.56. The van der Waals surface area contributed by atoms with E-state index in [1.807, 2.05) is 16.8 Å². The maximum atomic E-state index is 4.66. The third kappa shape index (κ3) is 2.68. The molecule has 0 aromatic carbocycles. The van der Waals surface area contributed by atoms with E-state index in [9.17, 15) is 0 Å². The smallest absolute Gasteiger partial charge is 0.205 e. The van der Waals surface area contributed by atoms with Crippen LogP contribution in [0.4, 0.5) is 5.13 Å². The number of anilines is 1. The molecule has 0 amide bonds. The van der Waals surface area contributed by atoms with Crippen molar-refractivity contribution < 1.29 is 0 Å². The number of hydrogen-bond acceptors (Lipinski definition) is 7. The van der Waals surface area contributed by atoms with Gasteiger partial charge in [0.15, 0.2) is 5.13 Å². The van der Waals surface area contributed by atoms with Gasteiger partial charge in [-0.15, -0.1) is 21.5 Å². The maximum absolute atomic E-state index is 4.66.